The number of hydrogen-bond acceptors (Lipinski definition) is 3. The van der Waals surface area contributed by atoms with Crippen LogP contribution in [0.2, 0.25) is 0 Å². The highest BCUT2D eigenvalue weighted by Crippen LogP contribution is 2.19. The highest BCUT2D eigenvalue weighted by atomic mass is 16.6. The van der Waals surface area contributed by atoms with Crippen molar-refractivity contribution < 1.29 is 14.6 Å². The molecule has 0 bridgehead atoms. The largest absolute Gasteiger partial charge is 0.445 e. The number of likely N-dealkylation sites (tertiary alicyclic amines) is 1. The molecule has 1 aliphatic heterocycles. The lowest BCUT2D eigenvalue weighted by molar-refractivity contribution is 0.0853. The van der Waals surface area contributed by atoms with Gasteiger partial charge in [-0.15, -0.1) is 0 Å². The SMILES string of the molecule is O=C(OCc1ccccc1)N1CC[C@H](O)[C@@H]1C#Cc1ccccc1. The summed E-state index contributed by atoms with van der Waals surface area (Å²) in [6.07, 6.45) is -0.581. The minimum atomic E-state index is -0.648. The molecule has 0 radical (unpaired) electrons. The Balaban J connectivity index is 1.65. The quantitative estimate of drug-likeness (QED) is 0.865. The zero-order valence-electron chi connectivity index (χ0n) is 13.3. The molecule has 122 valence electrons. The van der Waals surface area contributed by atoms with E-state index in [-0.39, 0.29) is 6.61 Å². The van der Waals surface area contributed by atoms with Crippen molar-refractivity contribution in [3.63, 3.8) is 0 Å². The summed E-state index contributed by atoms with van der Waals surface area (Å²) < 4.78 is 5.35. The minimum absolute atomic E-state index is 0.213. The normalized spacial score (nSPS) is 19.5. The van der Waals surface area contributed by atoms with Crippen molar-refractivity contribution in [3.8, 4) is 11.8 Å². The van der Waals surface area contributed by atoms with Gasteiger partial charge in [-0.3, -0.25) is 4.90 Å². The average molecular weight is 321 g/mol. The third kappa shape index (κ3) is 3.95. The molecule has 1 amide bonds. The number of hydrogen-bond donors (Lipinski definition) is 1. The molecule has 4 heteroatoms. The zero-order valence-corrected chi connectivity index (χ0v) is 13.3. The van der Waals surface area contributed by atoms with E-state index in [1.807, 2.05) is 60.7 Å². The van der Waals surface area contributed by atoms with Gasteiger partial charge in [-0.2, -0.15) is 0 Å². The Morgan fingerprint density at radius 2 is 1.79 bits per heavy atom. The molecule has 1 N–H and O–H groups in total. The Morgan fingerprint density at radius 3 is 2.50 bits per heavy atom. The lowest BCUT2D eigenvalue weighted by Crippen LogP contribution is -2.39. The van der Waals surface area contributed by atoms with E-state index in [0.717, 1.165) is 11.1 Å². The highest BCUT2D eigenvalue weighted by molar-refractivity contribution is 5.69. The fraction of sp³-hybridized carbons (Fsp3) is 0.250. The Labute approximate surface area is 141 Å². The monoisotopic (exact) mass is 321 g/mol. The molecule has 3 rings (SSSR count). The molecule has 1 aliphatic rings. The summed E-state index contributed by atoms with van der Waals surface area (Å²) in [5.74, 6) is 6.02. The van der Waals surface area contributed by atoms with Gasteiger partial charge in [-0.25, -0.2) is 4.79 Å². The third-order valence-corrected chi connectivity index (χ3v) is 3.94. The van der Waals surface area contributed by atoms with Crippen molar-refractivity contribution >= 4 is 6.09 Å². The van der Waals surface area contributed by atoms with E-state index in [1.165, 1.54) is 4.90 Å². The summed E-state index contributed by atoms with van der Waals surface area (Å²) in [6, 6.07) is 18.5. The first kappa shape index (κ1) is 16.1. The predicted molar refractivity (Wildman–Crippen MR) is 91.1 cm³/mol. The molecule has 1 fully saturated rings. The maximum atomic E-state index is 12.3. The van der Waals surface area contributed by atoms with Gasteiger partial charge in [0.25, 0.3) is 0 Å². The Morgan fingerprint density at radius 1 is 1.12 bits per heavy atom. The van der Waals surface area contributed by atoms with Gasteiger partial charge >= 0.3 is 6.09 Å². The van der Waals surface area contributed by atoms with Gasteiger partial charge in [0.1, 0.15) is 12.6 Å². The van der Waals surface area contributed by atoms with Crippen LogP contribution in [0.5, 0.6) is 0 Å². The van der Waals surface area contributed by atoms with Gasteiger partial charge in [-0.1, -0.05) is 60.4 Å². The molecule has 0 saturated carbocycles. The second-order valence-corrected chi connectivity index (χ2v) is 5.67. The van der Waals surface area contributed by atoms with Crippen LogP contribution >= 0.6 is 0 Å². The Bertz CT molecular complexity index is 734. The summed E-state index contributed by atoms with van der Waals surface area (Å²) in [7, 11) is 0. The van der Waals surface area contributed by atoms with Crippen molar-refractivity contribution in [2.24, 2.45) is 0 Å². The summed E-state index contributed by atoms with van der Waals surface area (Å²) >= 11 is 0. The lowest BCUT2D eigenvalue weighted by Gasteiger charge is -2.21. The number of ether oxygens (including phenoxy) is 1. The highest BCUT2D eigenvalue weighted by Gasteiger charge is 2.35. The standard InChI is InChI=1S/C20H19NO3/c22-19-13-14-21(18(19)12-11-16-7-3-1-4-8-16)20(23)24-15-17-9-5-2-6-10-17/h1-10,18-19,22H,13-15H2/t18-,19-/m0/s1. The number of rotatable bonds is 2. The topological polar surface area (TPSA) is 49.8 Å². The van der Waals surface area contributed by atoms with Gasteiger partial charge in [0, 0.05) is 12.1 Å². The van der Waals surface area contributed by atoms with Gasteiger partial charge in [0.15, 0.2) is 0 Å². The summed E-state index contributed by atoms with van der Waals surface area (Å²) in [4.78, 5) is 13.8. The molecule has 2 aromatic carbocycles. The fourth-order valence-corrected chi connectivity index (χ4v) is 2.64. The maximum Gasteiger partial charge on any atom is 0.411 e. The van der Waals surface area contributed by atoms with Gasteiger partial charge in [0.05, 0.1) is 6.10 Å². The van der Waals surface area contributed by atoms with E-state index in [1.54, 1.807) is 0 Å². The predicted octanol–water partition coefficient (Wildman–Crippen LogP) is 2.81. The molecule has 2 aromatic rings. The van der Waals surface area contributed by atoms with Gasteiger partial charge in [0.2, 0.25) is 0 Å². The van der Waals surface area contributed by atoms with Crippen molar-refractivity contribution in [3.05, 3.63) is 71.8 Å². The number of amides is 1. The van der Waals surface area contributed by atoms with Gasteiger partial charge < -0.3 is 9.84 Å². The number of aliphatic hydroxyl groups excluding tert-OH is 1. The first-order valence-corrected chi connectivity index (χ1v) is 7.96. The number of benzene rings is 2. The second-order valence-electron chi connectivity index (χ2n) is 5.67. The van der Waals surface area contributed by atoms with E-state index in [9.17, 15) is 9.90 Å². The van der Waals surface area contributed by atoms with Crippen molar-refractivity contribution in [1.82, 2.24) is 4.90 Å². The van der Waals surface area contributed by atoms with E-state index in [2.05, 4.69) is 11.8 Å². The van der Waals surface area contributed by atoms with Crippen LogP contribution in [0.4, 0.5) is 4.79 Å². The molecule has 0 unspecified atom stereocenters. The molecule has 0 aromatic heterocycles. The smallest absolute Gasteiger partial charge is 0.411 e. The molecular formula is C20H19NO3. The van der Waals surface area contributed by atoms with Crippen LogP contribution in [-0.4, -0.2) is 34.8 Å². The minimum Gasteiger partial charge on any atom is -0.445 e. The molecule has 2 atom stereocenters. The fourth-order valence-electron chi connectivity index (χ4n) is 2.64. The van der Waals surface area contributed by atoms with Crippen LogP contribution in [0.1, 0.15) is 17.5 Å². The van der Waals surface area contributed by atoms with Crippen molar-refractivity contribution in [1.29, 1.82) is 0 Å². The summed E-state index contributed by atoms with van der Waals surface area (Å²) in [6.45, 7) is 0.661. The molecule has 4 nitrogen and oxygen atoms in total. The molecule has 1 heterocycles. The molecule has 24 heavy (non-hydrogen) atoms. The number of nitrogens with zero attached hydrogens (tertiary/aromatic N) is 1. The molecule has 0 spiro atoms. The second kappa shape index (κ2) is 7.67. The van der Waals surface area contributed by atoms with Crippen LogP contribution in [0.15, 0.2) is 60.7 Å². The number of carbonyl (C=O) groups excluding carboxylic acids is 1. The number of aliphatic hydroxyl groups is 1. The van der Waals surface area contributed by atoms with Crippen LogP contribution in [0, 0.1) is 11.8 Å². The molecule has 0 aliphatic carbocycles. The van der Waals surface area contributed by atoms with Crippen LogP contribution in [-0.2, 0) is 11.3 Å². The maximum absolute atomic E-state index is 12.3. The van der Waals surface area contributed by atoms with Gasteiger partial charge in [-0.05, 0) is 24.1 Å². The number of carbonyl (C=O) groups is 1. The first-order valence-electron chi connectivity index (χ1n) is 7.96. The average Bonchev–Trinajstić information content (AvgIpc) is 3.00. The van der Waals surface area contributed by atoms with E-state index < -0.39 is 18.2 Å². The zero-order chi connectivity index (χ0) is 16.8. The lowest BCUT2D eigenvalue weighted by atomic mass is 10.1. The van der Waals surface area contributed by atoms with Crippen LogP contribution < -0.4 is 0 Å². The molecular weight excluding hydrogens is 302 g/mol. The summed E-state index contributed by atoms with van der Waals surface area (Å²) in [5.41, 5.74) is 1.78. The Hall–Kier alpha value is -2.77. The van der Waals surface area contributed by atoms with E-state index in [0.29, 0.717) is 13.0 Å². The van der Waals surface area contributed by atoms with Crippen LogP contribution in [0.3, 0.4) is 0 Å². The van der Waals surface area contributed by atoms with Crippen molar-refractivity contribution in [2.45, 2.75) is 25.2 Å². The van der Waals surface area contributed by atoms with Crippen molar-refractivity contribution in [2.75, 3.05) is 6.54 Å². The van der Waals surface area contributed by atoms with E-state index in [4.69, 9.17) is 4.74 Å². The third-order valence-electron chi connectivity index (χ3n) is 3.94. The molecule has 1 saturated heterocycles. The first-order chi connectivity index (χ1) is 11.7. The summed E-state index contributed by atoms with van der Waals surface area (Å²) in [5, 5.41) is 10.1. The van der Waals surface area contributed by atoms with E-state index >= 15 is 0 Å². The Kier molecular flexibility index (Phi) is 5.15. The van der Waals surface area contributed by atoms with Crippen LogP contribution in [0.25, 0.3) is 0 Å².